The lowest BCUT2D eigenvalue weighted by Gasteiger charge is -2.18. The molecule has 0 amide bonds. The highest BCUT2D eigenvalue weighted by Gasteiger charge is 2.32. The van der Waals surface area contributed by atoms with Crippen LogP contribution in [0.15, 0.2) is 36.4 Å². The van der Waals surface area contributed by atoms with E-state index in [9.17, 15) is 4.79 Å². The van der Waals surface area contributed by atoms with Gasteiger partial charge in [0.15, 0.2) is 0 Å². The Labute approximate surface area is 165 Å². The summed E-state index contributed by atoms with van der Waals surface area (Å²) in [6, 6.07) is 11.6. The molecule has 0 bridgehead atoms. The van der Waals surface area contributed by atoms with Gasteiger partial charge in [-0.25, -0.2) is 0 Å². The molecule has 1 heterocycles. The molecule has 1 aliphatic heterocycles. The maximum Gasteiger partial charge on any atom is 0.303 e. The maximum absolute atomic E-state index is 10.8. The van der Waals surface area contributed by atoms with Crippen LogP contribution < -0.4 is 9.47 Å². The third-order valence-electron chi connectivity index (χ3n) is 4.63. The monoisotopic (exact) mass is 388 g/mol. The molecule has 1 aliphatic rings. The first-order chi connectivity index (χ1) is 12.7. The molecule has 1 N–H and O–H groups in total. The zero-order valence-electron chi connectivity index (χ0n) is 15.9. The summed E-state index contributed by atoms with van der Waals surface area (Å²) in [5, 5.41) is 9.55. The van der Waals surface area contributed by atoms with Gasteiger partial charge in [-0.3, -0.25) is 4.79 Å². The molecule has 3 rings (SSSR count). The molecule has 0 saturated carbocycles. The molecule has 2 aromatic rings. The third kappa shape index (κ3) is 5.16. The molecule has 0 fully saturated rings. The smallest absolute Gasteiger partial charge is 0.303 e. The van der Waals surface area contributed by atoms with Crippen LogP contribution in [0.2, 0.25) is 5.02 Å². The van der Waals surface area contributed by atoms with E-state index in [0.717, 1.165) is 41.0 Å². The van der Waals surface area contributed by atoms with Gasteiger partial charge in [0.05, 0.1) is 0 Å². The summed E-state index contributed by atoms with van der Waals surface area (Å²) >= 11 is 6.26. The fourth-order valence-corrected chi connectivity index (χ4v) is 3.77. The van der Waals surface area contributed by atoms with Gasteiger partial charge in [0.1, 0.15) is 23.7 Å². The van der Waals surface area contributed by atoms with Crippen LogP contribution >= 0.6 is 11.6 Å². The molecule has 144 valence electrons. The molecule has 1 unspecified atom stereocenters. The van der Waals surface area contributed by atoms with Crippen molar-refractivity contribution in [2.45, 2.75) is 52.2 Å². The zero-order valence-corrected chi connectivity index (χ0v) is 16.7. The standard InChI is InChI=1S/C22H25ClO4/c1-14(9-20(24)25)8-15-4-6-19(7-5-15)26-13-17-11-18(23)10-16-12-22(2,3)27-21(16)17/h4-7,10-11,14H,8-9,12-13H2,1-3H3,(H,24,25). The minimum atomic E-state index is -0.762. The van der Waals surface area contributed by atoms with Gasteiger partial charge >= 0.3 is 5.97 Å². The van der Waals surface area contributed by atoms with Gasteiger partial charge in [-0.05, 0) is 61.6 Å². The number of carboxylic acids is 1. The van der Waals surface area contributed by atoms with Crippen LogP contribution in [-0.2, 0) is 24.2 Å². The largest absolute Gasteiger partial charge is 0.489 e. The van der Waals surface area contributed by atoms with Gasteiger partial charge in [0.2, 0.25) is 0 Å². The lowest BCUT2D eigenvalue weighted by molar-refractivity contribution is -0.137. The highest BCUT2D eigenvalue weighted by molar-refractivity contribution is 6.30. The van der Waals surface area contributed by atoms with Crippen LogP contribution in [0, 0.1) is 5.92 Å². The van der Waals surface area contributed by atoms with Gasteiger partial charge in [0.25, 0.3) is 0 Å². The molecular weight excluding hydrogens is 364 g/mol. The molecule has 0 aromatic heterocycles. The number of hydrogen-bond acceptors (Lipinski definition) is 3. The Balaban J connectivity index is 1.64. The number of rotatable bonds is 7. The number of hydrogen-bond donors (Lipinski definition) is 1. The van der Waals surface area contributed by atoms with E-state index in [-0.39, 0.29) is 17.9 Å². The summed E-state index contributed by atoms with van der Waals surface area (Å²) in [5.41, 5.74) is 2.94. The number of fused-ring (bicyclic) bond motifs is 1. The molecule has 0 saturated heterocycles. The minimum absolute atomic E-state index is 0.101. The molecule has 27 heavy (non-hydrogen) atoms. The summed E-state index contributed by atoms with van der Waals surface area (Å²) in [4.78, 5) is 10.8. The lowest BCUT2D eigenvalue weighted by atomic mass is 9.98. The second-order valence-corrected chi connectivity index (χ2v) is 8.37. The molecule has 0 radical (unpaired) electrons. The van der Waals surface area contributed by atoms with Gasteiger partial charge in [-0.15, -0.1) is 0 Å². The quantitative estimate of drug-likeness (QED) is 0.700. The van der Waals surface area contributed by atoms with Crippen LogP contribution in [0.1, 0.15) is 43.9 Å². The second-order valence-electron chi connectivity index (χ2n) is 7.93. The first-order valence-corrected chi connectivity index (χ1v) is 9.53. The van der Waals surface area contributed by atoms with Crippen molar-refractivity contribution in [2.75, 3.05) is 0 Å². The normalized spacial score (nSPS) is 15.7. The Kier molecular flexibility index (Phi) is 5.66. The van der Waals surface area contributed by atoms with E-state index < -0.39 is 5.97 Å². The Morgan fingerprint density at radius 1 is 1.30 bits per heavy atom. The Morgan fingerprint density at radius 3 is 2.67 bits per heavy atom. The predicted molar refractivity (Wildman–Crippen MR) is 106 cm³/mol. The molecule has 5 heteroatoms. The van der Waals surface area contributed by atoms with Crippen LogP contribution in [0.25, 0.3) is 0 Å². The zero-order chi connectivity index (χ0) is 19.6. The highest BCUT2D eigenvalue weighted by atomic mass is 35.5. The third-order valence-corrected chi connectivity index (χ3v) is 4.85. The summed E-state index contributed by atoms with van der Waals surface area (Å²) in [5.74, 6) is 0.977. The lowest BCUT2D eigenvalue weighted by Crippen LogP contribution is -2.25. The van der Waals surface area contributed by atoms with Gasteiger partial charge in [-0.2, -0.15) is 0 Å². The van der Waals surface area contributed by atoms with E-state index in [2.05, 4.69) is 13.8 Å². The van der Waals surface area contributed by atoms with Crippen molar-refractivity contribution in [3.63, 3.8) is 0 Å². The Hall–Kier alpha value is -2.20. The maximum atomic E-state index is 10.8. The number of ether oxygens (including phenoxy) is 2. The average molecular weight is 389 g/mol. The van der Waals surface area contributed by atoms with Crippen LogP contribution in [0.4, 0.5) is 0 Å². The van der Waals surface area contributed by atoms with Gasteiger partial charge in [0, 0.05) is 23.4 Å². The van der Waals surface area contributed by atoms with E-state index in [0.29, 0.717) is 11.6 Å². The molecule has 4 nitrogen and oxygen atoms in total. The highest BCUT2D eigenvalue weighted by Crippen LogP contribution is 2.40. The second kappa shape index (κ2) is 7.81. The summed E-state index contributed by atoms with van der Waals surface area (Å²) in [6.45, 7) is 6.46. The first kappa shape index (κ1) is 19.6. The van der Waals surface area contributed by atoms with Gasteiger partial charge < -0.3 is 14.6 Å². The van der Waals surface area contributed by atoms with Gasteiger partial charge in [-0.1, -0.05) is 30.7 Å². The van der Waals surface area contributed by atoms with Crippen LogP contribution in [0.3, 0.4) is 0 Å². The Bertz CT molecular complexity index is 827. The number of aliphatic carboxylic acids is 1. The molecule has 0 aliphatic carbocycles. The average Bonchev–Trinajstić information content (AvgIpc) is 2.87. The SMILES string of the molecule is CC(CC(=O)O)Cc1ccc(OCc2cc(Cl)cc3c2OC(C)(C)C3)cc1. The molecule has 1 atom stereocenters. The van der Waals surface area contributed by atoms with Crippen molar-refractivity contribution in [3.8, 4) is 11.5 Å². The minimum Gasteiger partial charge on any atom is -0.489 e. The molecule has 0 spiro atoms. The van der Waals surface area contributed by atoms with Crippen molar-refractivity contribution < 1.29 is 19.4 Å². The van der Waals surface area contributed by atoms with Crippen LogP contribution in [0.5, 0.6) is 11.5 Å². The van der Waals surface area contributed by atoms with Crippen LogP contribution in [-0.4, -0.2) is 16.7 Å². The summed E-state index contributed by atoms with van der Waals surface area (Å²) < 4.78 is 12.0. The number of carbonyl (C=O) groups is 1. The van der Waals surface area contributed by atoms with Crippen molar-refractivity contribution >= 4 is 17.6 Å². The number of halogens is 1. The number of carboxylic acid groups (broad SMARTS) is 1. The van der Waals surface area contributed by atoms with Crippen molar-refractivity contribution in [1.82, 2.24) is 0 Å². The fraction of sp³-hybridized carbons (Fsp3) is 0.409. The Morgan fingerprint density at radius 2 is 2.00 bits per heavy atom. The first-order valence-electron chi connectivity index (χ1n) is 9.16. The predicted octanol–water partition coefficient (Wildman–Crippen LogP) is 5.29. The summed E-state index contributed by atoms with van der Waals surface area (Å²) in [7, 11) is 0. The fourth-order valence-electron chi connectivity index (χ4n) is 3.51. The summed E-state index contributed by atoms with van der Waals surface area (Å²) in [6.07, 6.45) is 1.74. The number of benzene rings is 2. The van der Waals surface area contributed by atoms with Crippen molar-refractivity contribution in [3.05, 3.63) is 58.1 Å². The van der Waals surface area contributed by atoms with E-state index >= 15 is 0 Å². The van der Waals surface area contributed by atoms with E-state index in [1.807, 2.05) is 43.3 Å². The molecular formula is C22H25ClO4. The molecule has 2 aromatic carbocycles. The topological polar surface area (TPSA) is 55.8 Å². The van der Waals surface area contributed by atoms with E-state index in [1.54, 1.807) is 0 Å². The van der Waals surface area contributed by atoms with Crippen molar-refractivity contribution in [1.29, 1.82) is 0 Å². The van der Waals surface area contributed by atoms with E-state index in [4.69, 9.17) is 26.2 Å². The van der Waals surface area contributed by atoms with E-state index in [1.165, 1.54) is 0 Å². The van der Waals surface area contributed by atoms with Crippen molar-refractivity contribution in [2.24, 2.45) is 5.92 Å².